The zero-order chi connectivity index (χ0) is 12.5. The third kappa shape index (κ3) is 2.91. The normalized spacial score (nSPS) is 30.6. The highest BCUT2D eigenvalue weighted by atomic mass is 19.4. The SMILES string of the molecule is O=C(C1CCCO1)N1CCCC(C(F)(F)F)C1. The van der Waals surface area contributed by atoms with Crippen molar-refractivity contribution in [1.82, 2.24) is 4.90 Å². The molecule has 0 aromatic heterocycles. The lowest BCUT2D eigenvalue weighted by atomic mass is 9.97. The van der Waals surface area contributed by atoms with Crippen LogP contribution in [0.3, 0.4) is 0 Å². The molecule has 0 N–H and O–H groups in total. The van der Waals surface area contributed by atoms with Gasteiger partial charge in [-0.15, -0.1) is 0 Å². The molecule has 2 aliphatic rings. The van der Waals surface area contributed by atoms with Crippen LogP contribution >= 0.6 is 0 Å². The fourth-order valence-corrected chi connectivity index (χ4v) is 2.42. The molecule has 2 heterocycles. The lowest BCUT2D eigenvalue weighted by molar-refractivity contribution is -0.189. The van der Waals surface area contributed by atoms with Crippen LogP contribution in [0.15, 0.2) is 0 Å². The van der Waals surface area contributed by atoms with Gasteiger partial charge in [-0.2, -0.15) is 13.2 Å². The number of hydrogen-bond donors (Lipinski definition) is 0. The van der Waals surface area contributed by atoms with Crippen molar-refractivity contribution in [3.8, 4) is 0 Å². The quantitative estimate of drug-likeness (QED) is 0.713. The molecule has 2 fully saturated rings. The number of nitrogens with zero attached hydrogens (tertiary/aromatic N) is 1. The van der Waals surface area contributed by atoms with Crippen molar-refractivity contribution in [2.45, 2.75) is 38.0 Å². The summed E-state index contributed by atoms with van der Waals surface area (Å²) in [4.78, 5) is 13.2. The Labute approximate surface area is 97.9 Å². The molecule has 2 saturated heterocycles. The molecule has 0 radical (unpaired) electrons. The second-order valence-corrected chi connectivity index (χ2v) is 4.67. The number of likely N-dealkylation sites (tertiary alicyclic amines) is 1. The van der Waals surface area contributed by atoms with Crippen molar-refractivity contribution in [3.05, 3.63) is 0 Å². The molecule has 98 valence electrons. The Hall–Kier alpha value is -0.780. The predicted molar refractivity (Wildman–Crippen MR) is 54.3 cm³/mol. The molecule has 2 atom stereocenters. The molecule has 17 heavy (non-hydrogen) atoms. The molecule has 2 rings (SSSR count). The Morgan fingerprint density at radius 1 is 1.24 bits per heavy atom. The van der Waals surface area contributed by atoms with Gasteiger partial charge < -0.3 is 9.64 Å². The Morgan fingerprint density at radius 2 is 2.00 bits per heavy atom. The first-order valence-corrected chi connectivity index (χ1v) is 5.95. The summed E-state index contributed by atoms with van der Waals surface area (Å²) in [6, 6.07) is 0. The molecule has 0 aliphatic carbocycles. The van der Waals surface area contributed by atoms with Gasteiger partial charge in [0.1, 0.15) is 6.10 Å². The van der Waals surface area contributed by atoms with Gasteiger partial charge in [-0.3, -0.25) is 4.79 Å². The number of halogens is 3. The van der Waals surface area contributed by atoms with Gasteiger partial charge in [-0.25, -0.2) is 0 Å². The summed E-state index contributed by atoms with van der Waals surface area (Å²) in [6.45, 7) is 0.750. The average molecular weight is 251 g/mol. The van der Waals surface area contributed by atoms with Gasteiger partial charge in [0, 0.05) is 19.7 Å². The third-order valence-electron chi connectivity index (χ3n) is 3.40. The molecule has 0 saturated carbocycles. The smallest absolute Gasteiger partial charge is 0.368 e. The topological polar surface area (TPSA) is 29.5 Å². The number of carbonyl (C=O) groups is 1. The second-order valence-electron chi connectivity index (χ2n) is 4.67. The van der Waals surface area contributed by atoms with Crippen molar-refractivity contribution >= 4 is 5.91 Å². The molecule has 2 unspecified atom stereocenters. The van der Waals surface area contributed by atoms with Crippen LogP contribution in [0, 0.1) is 5.92 Å². The summed E-state index contributed by atoms with van der Waals surface area (Å²) in [5.74, 6) is -1.64. The van der Waals surface area contributed by atoms with Gasteiger partial charge in [0.15, 0.2) is 0 Å². The molecule has 0 aromatic rings. The predicted octanol–water partition coefficient (Wildman–Crippen LogP) is 1.97. The average Bonchev–Trinajstić information content (AvgIpc) is 2.80. The fraction of sp³-hybridized carbons (Fsp3) is 0.909. The van der Waals surface area contributed by atoms with Crippen LogP contribution in [0.1, 0.15) is 25.7 Å². The minimum Gasteiger partial charge on any atom is -0.368 e. The van der Waals surface area contributed by atoms with E-state index in [9.17, 15) is 18.0 Å². The summed E-state index contributed by atoms with van der Waals surface area (Å²) in [6.07, 6.45) is -2.72. The first kappa shape index (κ1) is 12.7. The van der Waals surface area contributed by atoms with Crippen LogP contribution in [-0.2, 0) is 9.53 Å². The van der Waals surface area contributed by atoms with Gasteiger partial charge in [0.05, 0.1) is 5.92 Å². The van der Waals surface area contributed by atoms with Crippen LogP contribution in [0.4, 0.5) is 13.2 Å². The van der Waals surface area contributed by atoms with E-state index < -0.39 is 18.2 Å². The maximum atomic E-state index is 12.6. The first-order chi connectivity index (χ1) is 7.98. The van der Waals surface area contributed by atoms with Crippen LogP contribution in [0.25, 0.3) is 0 Å². The second kappa shape index (κ2) is 4.84. The fourth-order valence-electron chi connectivity index (χ4n) is 2.42. The molecular weight excluding hydrogens is 235 g/mol. The largest absolute Gasteiger partial charge is 0.393 e. The lowest BCUT2D eigenvalue weighted by Crippen LogP contribution is -2.48. The maximum absolute atomic E-state index is 12.6. The van der Waals surface area contributed by atoms with Crippen LogP contribution < -0.4 is 0 Å². The third-order valence-corrected chi connectivity index (χ3v) is 3.40. The van der Waals surface area contributed by atoms with E-state index in [2.05, 4.69) is 0 Å². The summed E-state index contributed by atoms with van der Waals surface area (Å²) in [7, 11) is 0. The highest BCUT2D eigenvalue weighted by Crippen LogP contribution is 2.33. The number of piperidine rings is 1. The van der Waals surface area contributed by atoms with Crippen LogP contribution in [-0.4, -0.2) is 42.8 Å². The molecular formula is C11H16F3NO2. The summed E-state index contributed by atoms with van der Waals surface area (Å²) >= 11 is 0. The Balaban J connectivity index is 1.94. The monoisotopic (exact) mass is 251 g/mol. The van der Waals surface area contributed by atoms with Gasteiger partial charge in [-0.1, -0.05) is 0 Å². The number of carbonyl (C=O) groups excluding carboxylic acids is 1. The number of ether oxygens (including phenoxy) is 1. The van der Waals surface area contributed by atoms with Crippen molar-refractivity contribution in [2.24, 2.45) is 5.92 Å². The number of alkyl halides is 3. The van der Waals surface area contributed by atoms with E-state index >= 15 is 0 Å². The van der Waals surface area contributed by atoms with E-state index in [0.717, 1.165) is 6.42 Å². The lowest BCUT2D eigenvalue weighted by Gasteiger charge is -2.34. The minimum atomic E-state index is -4.20. The summed E-state index contributed by atoms with van der Waals surface area (Å²) in [5.41, 5.74) is 0. The molecule has 0 spiro atoms. The molecule has 2 aliphatic heterocycles. The molecule has 6 heteroatoms. The minimum absolute atomic E-state index is 0.124. The van der Waals surface area contributed by atoms with E-state index in [1.807, 2.05) is 0 Å². The van der Waals surface area contributed by atoms with E-state index in [4.69, 9.17) is 4.74 Å². The highest BCUT2D eigenvalue weighted by Gasteiger charge is 2.43. The zero-order valence-corrected chi connectivity index (χ0v) is 9.50. The van der Waals surface area contributed by atoms with Crippen molar-refractivity contribution in [3.63, 3.8) is 0 Å². The maximum Gasteiger partial charge on any atom is 0.393 e. The van der Waals surface area contributed by atoms with Gasteiger partial charge in [-0.05, 0) is 25.7 Å². The number of hydrogen-bond acceptors (Lipinski definition) is 2. The molecule has 0 bridgehead atoms. The summed E-state index contributed by atoms with van der Waals surface area (Å²) < 4.78 is 43.0. The van der Waals surface area contributed by atoms with E-state index in [0.29, 0.717) is 26.0 Å². The highest BCUT2D eigenvalue weighted by molar-refractivity contribution is 5.81. The zero-order valence-electron chi connectivity index (χ0n) is 9.50. The van der Waals surface area contributed by atoms with Gasteiger partial charge >= 0.3 is 6.18 Å². The number of amides is 1. The van der Waals surface area contributed by atoms with E-state index in [1.165, 1.54) is 4.90 Å². The first-order valence-electron chi connectivity index (χ1n) is 5.95. The van der Waals surface area contributed by atoms with E-state index in [1.54, 1.807) is 0 Å². The molecule has 1 amide bonds. The van der Waals surface area contributed by atoms with Crippen molar-refractivity contribution in [2.75, 3.05) is 19.7 Å². The van der Waals surface area contributed by atoms with Crippen molar-refractivity contribution in [1.29, 1.82) is 0 Å². The van der Waals surface area contributed by atoms with Crippen molar-refractivity contribution < 1.29 is 22.7 Å². The molecule has 0 aromatic carbocycles. The molecule has 3 nitrogen and oxygen atoms in total. The van der Waals surface area contributed by atoms with Crippen LogP contribution in [0.2, 0.25) is 0 Å². The Morgan fingerprint density at radius 3 is 2.59 bits per heavy atom. The van der Waals surface area contributed by atoms with Crippen LogP contribution in [0.5, 0.6) is 0 Å². The van der Waals surface area contributed by atoms with E-state index in [-0.39, 0.29) is 18.9 Å². The number of rotatable bonds is 1. The standard InChI is InChI=1S/C11H16F3NO2/c12-11(13,14)8-3-1-5-15(7-8)10(16)9-4-2-6-17-9/h8-9H,1-7H2. The van der Waals surface area contributed by atoms with Gasteiger partial charge in [0.25, 0.3) is 5.91 Å². The summed E-state index contributed by atoms with van der Waals surface area (Å²) in [5, 5.41) is 0. The Kier molecular flexibility index (Phi) is 3.61. The Bertz CT molecular complexity index is 287. The van der Waals surface area contributed by atoms with Gasteiger partial charge in [0.2, 0.25) is 0 Å².